The Labute approximate surface area is 313 Å². The van der Waals surface area contributed by atoms with Crippen LogP contribution in [0.4, 0.5) is 10.1 Å². The zero-order chi connectivity index (χ0) is 37.9. The van der Waals surface area contributed by atoms with Gasteiger partial charge in [-0.25, -0.2) is 9.18 Å². The van der Waals surface area contributed by atoms with Gasteiger partial charge >= 0.3 is 5.97 Å². The van der Waals surface area contributed by atoms with E-state index in [4.69, 9.17) is 9.47 Å². The third-order valence-electron chi connectivity index (χ3n) is 10.5. The van der Waals surface area contributed by atoms with Crippen LogP contribution in [0, 0.1) is 5.82 Å². The van der Waals surface area contributed by atoms with Crippen LogP contribution in [-0.4, -0.2) is 54.0 Å². The van der Waals surface area contributed by atoms with Crippen LogP contribution in [0.2, 0.25) is 0 Å². The molecule has 0 radical (unpaired) electrons. The Kier molecular flexibility index (Phi) is 10.5. The van der Waals surface area contributed by atoms with Gasteiger partial charge in [0.25, 0.3) is 5.91 Å². The molecule has 2 aliphatic heterocycles. The summed E-state index contributed by atoms with van der Waals surface area (Å²) in [4.78, 5) is 44.9. The lowest BCUT2D eigenvalue weighted by Gasteiger charge is -2.42. The maximum absolute atomic E-state index is 14.5. The van der Waals surface area contributed by atoms with Crippen LogP contribution in [0.1, 0.15) is 53.3 Å². The molecule has 2 heterocycles. The van der Waals surface area contributed by atoms with Crippen molar-refractivity contribution in [3.8, 4) is 22.6 Å². The lowest BCUT2D eigenvalue weighted by Crippen LogP contribution is -2.55. The first kappa shape index (κ1) is 36.4. The fourth-order valence-electron chi connectivity index (χ4n) is 7.53. The molecule has 0 saturated carbocycles. The number of benzene rings is 5. The van der Waals surface area contributed by atoms with Crippen molar-refractivity contribution in [2.45, 2.75) is 57.0 Å². The Balaban J connectivity index is 1.18. The van der Waals surface area contributed by atoms with E-state index in [2.05, 4.69) is 29.3 Å². The van der Waals surface area contributed by atoms with E-state index in [0.29, 0.717) is 30.0 Å². The van der Waals surface area contributed by atoms with E-state index in [-0.39, 0.29) is 35.8 Å². The van der Waals surface area contributed by atoms with Gasteiger partial charge in [0.1, 0.15) is 23.4 Å². The van der Waals surface area contributed by atoms with Crippen molar-refractivity contribution in [2.24, 2.45) is 0 Å². The smallest absolute Gasteiger partial charge is 0.328 e. The molecule has 0 saturated heterocycles. The molecule has 276 valence electrons. The number of likely N-dealkylation sites (N-methyl/N-ethyl adjacent to an activating group) is 1. The van der Waals surface area contributed by atoms with E-state index in [1.54, 1.807) is 36.2 Å². The van der Waals surface area contributed by atoms with Gasteiger partial charge in [-0.3, -0.25) is 14.5 Å². The van der Waals surface area contributed by atoms with Gasteiger partial charge in [-0.05, 0) is 82.6 Å². The number of halogens is 1. The third kappa shape index (κ3) is 7.43. The molecule has 5 aromatic carbocycles. The summed E-state index contributed by atoms with van der Waals surface area (Å²) >= 11 is 0. The average molecular weight is 728 g/mol. The highest BCUT2D eigenvalue weighted by Gasteiger charge is 2.40. The number of carbonyl (C=O) groups excluding carboxylic acids is 3. The van der Waals surface area contributed by atoms with Crippen molar-refractivity contribution in [1.82, 2.24) is 10.2 Å². The van der Waals surface area contributed by atoms with Crippen molar-refractivity contribution in [1.29, 1.82) is 0 Å². The molecule has 54 heavy (non-hydrogen) atoms. The van der Waals surface area contributed by atoms with Gasteiger partial charge in [-0.1, -0.05) is 85.8 Å². The summed E-state index contributed by atoms with van der Waals surface area (Å²) in [5, 5.41) is 12.8. The quantitative estimate of drug-likeness (QED) is 0.148. The predicted octanol–water partition coefficient (Wildman–Crippen LogP) is 7.07. The van der Waals surface area contributed by atoms with Crippen molar-refractivity contribution < 1.29 is 33.4 Å². The fourth-order valence-corrected chi connectivity index (χ4v) is 7.53. The molecule has 0 spiro atoms. The van der Waals surface area contributed by atoms with E-state index in [1.165, 1.54) is 31.4 Å². The first-order chi connectivity index (χ1) is 26.1. The minimum absolute atomic E-state index is 0.0995. The fraction of sp³-hybridized carbons (Fsp3) is 0.250. The highest BCUT2D eigenvalue weighted by atomic mass is 19.1. The average Bonchev–Trinajstić information content (AvgIpc) is 3.19. The molecule has 0 bridgehead atoms. The van der Waals surface area contributed by atoms with Crippen LogP contribution in [-0.2, 0) is 38.5 Å². The second-order valence-corrected chi connectivity index (χ2v) is 13.8. The van der Waals surface area contributed by atoms with E-state index in [0.717, 1.165) is 39.8 Å². The standard InChI is InChI=1S/C44H42FN3O6/c1-4-37(30-8-6-5-7-9-30)48-26-33-25-40-38(47(2)43(51)41(54-40)31-16-20-35(49)21-17-31)23-32(33)24-39(48)42(50)46-36(44(52)53-3)22-27-10-12-28(13-11-27)29-14-18-34(45)19-15-29/h5-21,23,25,36-37,39,41,49H,4,22,24,26H2,1-3H3,(H,46,50)/t36?,37-,39-,41-/m0/s1. The number of nitrogens with zero attached hydrogens (tertiary/aromatic N) is 2. The van der Waals surface area contributed by atoms with E-state index >= 15 is 0 Å². The lowest BCUT2D eigenvalue weighted by atomic mass is 9.88. The summed E-state index contributed by atoms with van der Waals surface area (Å²) in [5.74, 6) is -0.764. The number of esters is 1. The summed E-state index contributed by atoms with van der Waals surface area (Å²) in [5.41, 5.74) is 6.77. The summed E-state index contributed by atoms with van der Waals surface area (Å²) in [7, 11) is 3.01. The summed E-state index contributed by atoms with van der Waals surface area (Å²) in [6.45, 7) is 2.51. The van der Waals surface area contributed by atoms with Crippen LogP contribution in [0.3, 0.4) is 0 Å². The van der Waals surface area contributed by atoms with Gasteiger partial charge in [-0.2, -0.15) is 0 Å². The minimum atomic E-state index is -0.947. The van der Waals surface area contributed by atoms with Gasteiger partial charge in [0.15, 0.2) is 0 Å². The van der Waals surface area contributed by atoms with Crippen LogP contribution in [0.15, 0.2) is 115 Å². The van der Waals surface area contributed by atoms with Crippen molar-refractivity contribution in [2.75, 3.05) is 19.1 Å². The molecule has 0 aliphatic carbocycles. The number of carbonyl (C=O) groups is 3. The van der Waals surface area contributed by atoms with Gasteiger partial charge in [0.2, 0.25) is 12.0 Å². The lowest BCUT2D eigenvalue weighted by molar-refractivity contribution is -0.146. The molecule has 0 aromatic heterocycles. The molecule has 2 amide bonds. The molecule has 0 fully saturated rings. The topological polar surface area (TPSA) is 108 Å². The van der Waals surface area contributed by atoms with Crippen LogP contribution in [0.5, 0.6) is 11.5 Å². The molecule has 10 heteroatoms. The zero-order valence-corrected chi connectivity index (χ0v) is 30.4. The number of ether oxygens (including phenoxy) is 2. The van der Waals surface area contributed by atoms with Gasteiger partial charge in [0.05, 0.1) is 18.8 Å². The maximum atomic E-state index is 14.5. The molecule has 1 unspecified atom stereocenters. The molecular formula is C44H42FN3O6. The summed E-state index contributed by atoms with van der Waals surface area (Å²) in [6.07, 6.45) is 0.398. The monoisotopic (exact) mass is 727 g/mol. The second kappa shape index (κ2) is 15.5. The Bertz CT molecular complexity index is 2140. The number of nitrogens with one attached hydrogen (secondary N) is 1. The first-order valence-electron chi connectivity index (χ1n) is 18.1. The Hall–Kier alpha value is -6.00. The van der Waals surface area contributed by atoms with E-state index in [9.17, 15) is 23.9 Å². The first-order valence-corrected chi connectivity index (χ1v) is 18.1. The van der Waals surface area contributed by atoms with E-state index in [1.807, 2.05) is 54.6 Å². The highest BCUT2D eigenvalue weighted by molar-refractivity contribution is 6.00. The number of phenolic OH excluding ortho intramolecular Hbond substituents is 1. The van der Waals surface area contributed by atoms with Crippen LogP contribution in [0.25, 0.3) is 11.1 Å². The third-order valence-corrected chi connectivity index (χ3v) is 10.5. The second-order valence-electron chi connectivity index (χ2n) is 13.8. The normalized spacial score (nSPS) is 17.8. The van der Waals surface area contributed by atoms with E-state index < -0.39 is 24.2 Å². The highest BCUT2D eigenvalue weighted by Crippen LogP contribution is 2.43. The molecule has 5 aromatic rings. The molecule has 7 rings (SSSR count). The molecule has 2 aliphatic rings. The number of fused-ring (bicyclic) bond motifs is 2. The minimum Gasteiger partial charge on any atom is -0.508 e. The number of anilines is 1. The number of rotatable bonds is 10. The molecule has 4 atom stereocenters. The Morgan fingerprint density at radius 3 is 2.24 bits per heavy atom. The zero-order valence-electron chi connectivity index (χ0n) is 30.4. The number of methoxy groups -OCH3 is 1. The maximum Gasteiger partial charge on any atom is 0.328 e. The number of amides is 2. The SMILES string of the molecule is CC[C@@H](c1ccccc1)N1Cc2cc3c(cc2C[C@H]1C(=O)NC(Cc1ccc(-c2ccc(F)cc2)cc1)C(=O)OC)N(C)C(=O)[C@H](c1ccc(O)cc1)O3. The van der Waals surface area contributed by atoms with Gasteiger partial charge in [-0.15, -0.1) is 0 Å². The van der Waals surface area contributed by atoms with Crippen LogP contribution >= 0.6 is 0 Å². The number of phenols is 1. The summed E-state index contributed by atoms with van der Waals surface area (Å²) < 4.78 is 25.0. The van der Waals surface area contributed by atoms with Gasteiger partial charge < -0.3 is 24.8 Å². The number of hydrogen-bond acceptors (Lipinski definition) is 7. The molecular weight excluding hydrogens is 685 g/mol. The molecule has 9 nitrogen and oxygen atoms in total. The molecule has 2 N–H and O–H groups in total. The Morgan fingerprint density at radius 1 is 0.926 bits per heavy atom. The largest absolute Gasteiger partial charge is 0.508 e. The van der Waals surface area contributed by atoms with Crippen LogP contribution < -0.4 is 15.0 Å². The Morgan fingerprint density at radius 2 is 1.59 bits per heavy atom. The van der Waals surface area contributed by atoms with Gasteiger partial charge in [0, 0.05) is 31.6 Å². The van der Waals surface area contributed by atoms with Crippen molar-refractivity contribution >= 4 is 23.5 Å². The van der Waals surface area contributed by atoms with Crippen molar-refractivity contribution in [3.63, 3.8) is 0 Å². The number of hydrogen-bond donors (Lipinski definition) is 2. The van der Waals surface area contributed by atoms with Crippen molar-refractivity contribution in [3.05, 3.63) is 149 Å². The summed E-state index contributed by atoms with van der Waals surface area (Å²) in [6, 6.07) is 32.5. The predicted molar refractivity (Wildman–Crippen MR) is 203 cm³/mol. The number of aromatic hydroxyl groups is 1.